The van der Waals surface area contributed by atoms with Gasteiger partial charge >= 0.3 is 0 Å². The predicted molar refractivity (Wildman–Crippen MR) is 92.9 cm³/mol. The minimum Gasteiger partial charge on any atom is -0.458 e. The Hall–Kier alpha value is -2.94. The minimum absolute atomic E-state index is 0.122. The summed E-state index contributed by atoms with van der Waals surface area (Å²) in [6, 6.07) is 4.89. The molecule has 0 saturated carbocycles. The number of rotatable bonds is 6. The van der Waals surface area contributed by atoms with Gasteiger partial charge < -0.3 is 15.1 Å². The molecule has 0 saturated heterocycles. The van der Waals surface area contributed by atoms with Crippen molar-refractivity contribution in [2.75, 3.05) is 5.32 Å². The van der Waals surface area contributed by atoms with E-state index in [4.69, 9.17) is 4.42 Å². The van der Waals surface area contributed by atoms with Crippen LogP contribution in [-0.4, -0.2) is 26.6 Å². The summed E-state index contributed by atoms with van der Waals surface area (Å²) >= 11 is 1.31. The molecule has 1 atom stereocenters. The Kier molecular flexibility index (Phi) is 4.94. The van der Waals surface area contributed by atoms with Gasteiger partial charge in [-0.2, -0.15) is 5.10 Å². The van der Waals surface area contributed by atoms with Crippen molar-refractivity contribution in [2.24, 2.45) is 0 Å². The monoisotopic (exact) mass is 359 g/mol. The molecular formula is C16H17N5O3S. The first-order valence-electron chi connectivity index (χ1n) is 7.62. The van der Waals surface area contributed by atoms with Crippen LogP contribution in [0.15, 0.2) is 40.4 Å². The molecule has 2 amide bonds. The molecule has 25 heavy (non-hydrogen) atoms. The molecule has 0 aliphatic heterocycles. The molecule has 0 aliphatic carbocycles. The standard InChI is InChI=1S/C16H17N5O3S/c1-10(21-7-3-6-18-21)15(23)20-16-19-13(9-25-16)14-5-4-12(24-14)8-17-11(2)22/h3-7,9-10H,8H2,1-2H3,(H,17,22)(H,19,20,23). The summed E-state index contributed by atoms with van der Waals surface area (Å²) in [6.07, 6.45) is 3.36. The van der Waals surface area contributed by atoms with Gasteiger partial charge in [-0.15, -0.1) is 11.3 Å². The highest BCUT2D eigenvalue weighted by Crippen LogP contribution is 2.27. The lowest BCUT2D eigenvalue weighted by molar-refractivity contribution is -0.119. The van der Waals surface area contributed by atoms with Gasteiger partial charge in [0, 0.05) is 24.7 Å². The van der Waals surface area contributed by atoms with Crippen LogP contribution < -0.4 is 10.6 Å². The van der Waals surface area contributed by atoms with E-state index in [-0.39, 0.29) is 11.8 Å². The maximum atomic E-state index is 12.2. The first kappa shape index (κ1) is 16.9. The number of amides is 2. The fraction of sp³-hybridized carbons (Fsp3) is 0.250. The molecule has 0 aromatic carbocycles. The van der Waals surface area contributed by atoms with Crippen molar-refractivity contribution in [1.82, 2.24) is 20.1 Å². The third-order valence-electron chi connectivity index (χ3n) is 3.46. The number of hydrogen-bond donors (Lipinski definition) is 2. The number of carbonyl (C=O) groups excluding carboxylic acids is 2. The number of carbonyl (C=O) groups is 2. The van der Waals surface area contributed by atoms with Gasteiger partial charge in [0.05, 0.1) is 6.54 Å². The van der Waals surface area contributed by atoms with E-state index in [1.165, 1.54) is 18.3 Å². The maximum Gasteiger partial charge on any atom is 0.250 e. The van der Waals surface area contributed by atoms with Crippen LogP contribution in [0.3, 0.4) is 0 Å². The Morgan fingerprint density at radius 3 is 2.96 bits per heavy atom. The SMILES string of the molecule is CC(=O)NCc1ccc(-c2csc(NC(=O)C(C)n3cccn3)n2)o1. The smallest absolute Gasteiger partial charge is 0.250 e. The summed E-state index contributed by atoms with van der Waals surface area (Å²) < 4.78 is 7.22. The second-order valence-electron chi connectivity index (χ2n) is 5.36. The third kappa shape index (κ3) is 4.13. The Bertz CT molecular complexity index is 868. The third-order valence-corrected chi connectivity index (χ3v) is 4.22. The van der Waals surface area contributed by atoms with Crippen LogP contribution in [0.25, 0.3) is 11.5 Å². The molecule has 8 nitrogen and oxygen atoms in total. The molecule has 3 heterocycles. The molecule has 3 rings (SSSR count). The largest absolute Gasteiger partial charge is 0.458 e. The summed E-state index contributed by atoms with van der Waals surface area (Å²) in [5, 5.41) is 11.8. The van der Waals surface area contributed by atoms with E-state index in [0.29, 0.717) is 28.9 Å². The summed E-state index contributed by atoms with van der Waals surface area (Å²) in [5.41, 5.74) is 0.626. The zero-order valence-corrected chi connectivity index (χ0v) is 14.5. The topological polar surface area (TPSA) is 102 Å². The van der Waals surface area contributed by atoms with Gasteiger partial charge in [0.2, 0.25) is 5.91 Å². The van der Waals surface area contributed by atoms with Gasteiger partial charge in [-0.1, -0.05) is 0 Å². The Labute approximate surface area is 147 Å². The molecule has 9 heteroatoms. The maximum absolute atomic E-state index is 12.2. The fourth-order valence-electron chi connectivity index (χ4n) is 2.11. The summed E-state index contributed by atoms with van der Waals surface area (Å²) in [6.45, 7) is 3.53. The van der Waals surface area contributed by atoms with Crippen LogP contribution in [0, 0.1) is 0 Å². The predicted octanol–water partition coefficient (Wildman–Crippen LogP) is 2.44. The van der Waals surface area contributed by atoms with Crippen LogP contribution in [0.5, 0.6) is 0 Å². The summed E-state index contributed by atoms with van der Waals surface area (Å²) in [4.78, 5) is 27.5. The van der Waals surface area contributed by atoms with E-state index in [1.54, 1.807) is 47.6 Å². The first-order valence-corrected chi connectivity index (χ1v) is 8.50. The van der Waals surface area contributed by atoms with Crippen LogP contribution >= 0.6 is 11.3 Å². The molecule has 3 aromatic rings. The van der Waals surface area contributed by atoms with E-state index in [9.17, 15) is 9.59 Å². The summed E-state index contributed by atoms with van der Waals surface area (Å²) in [5.74, 6) is 0.895. The van der Waals surface area contributed by atoms with E-state index >= 15 is 0 Å². The number of anilines is 1. The molecule has 0 fully saturated rings. The molecule has 0 aliphatic rings. The van der Waals surface area contributed by atoms with Crippen molar-refractivity contribution >= 4 is 28.3 Å². The van der Waals surface area contributed by atoms with E-state index in [1.807, 2.05) is 0 Å². The van der Waals surface area contributed by atoms with Gasteiger partial charge in [-0.25, -0.2) is 4.98 Å². The Morgan fingerprint density at radius 1 is 1.40 bits per heavy atom. The molecule has 3 aromatic heterocycles. The van der Waals surface area contributed by atoms with Crippen molar-refractivity contribution in [2.45, 2.75) is 26.4 Å². The molecule has 0 spiro atoms. The quantitative estimate of drug-likeness (QED) is 0.704. The van der Waals surface area contributed by atoms with E-state index < -0.39 is 6.04 Å². The van der Waals surface area contributed by atoms with Gasteiger partial charge in [-0.05, 0) is 25.1 Å². The average molecular weight is 359 g/mol. The molecule has 1 unspecified atom stereocenters. The van der Waals surface area contributed by atoms with Crippen LogP contribution in [-0.2, 0) is 16.1 Å². The normalized spacial score (nSPS) is 11.9. The minimum atomic E-state index is -0.435. The molecule has 130 valence electrons. The van der Waals surface area contributed by atoms with Gasteiger partial charge in [0.15, 0.2) is 10.9 Å². The number of thiazole rings is 1. The van der Waals surface area contributed by atoms with Gasteiger partial charge in [0.25, 0.3) is 5.91 Å². The zero-order valence-electron chi connectivity index (χ0n) is 13.7. The van der Waals surface area contributed by atoms with Crippen molar-refractivity contribution in [3.8, 4) is 11.5 Å². The Morgan fingerprint density at radius 2 is 2.24 bits per heavy atom. The Balaban J connectivity index is 1.64. The van der Waals surface area contributed by atoms with Crippen molar-refractivity contribution in [3.63, 3.8) is 0 Å². The molecule has 0 bridgehead atoms. The second-order valence-corrected chi connectivity index (χ2v) is 6.22. The number of nitrogens with one attached hydrogen (secondary N) is 2. The van der Waals surface area contributed by atoms with Crippen LogP contribution in [0.1, 0.15) is 25.6 Å². The lowest BCUT2D eigenvalue weighted by Gasteiger charge is -2.10. The molecule has 2 N–H and O–H groups in total. The number of nitrogens with zero attached hydrogens (tertiary/aromatic N) is 3. The number of aromatic nitrogens is 3. The van der Waals surface area contributed by atoms with Crippen LogP contribution in [0.2, 0.25) is 0 Å². The van der Waals surface area contributed by atoms with Crippen molar-refractivity contribution in [1.29, 1.82) is 0 Å². The highest BCUT2D eigenvalue weighted by molar-refractivity contribution is 7.14. The highest BCUT2D eigenvalue weighted by Gasteiger charge is 2.17. The second kappa shape index (κ2) is 7.31. The molecule has 0 radical (unpaired) electrons. The highest BCUT2D eigenvalue weighted by atomic mass is 32.1. The van der Waals surface area contributed by atoms with Gasteiger partial charge in [-0.3, -0.25) is 14.3 Å². The van der Waals surface area contributed by atoms with Crippen molar-refractivity contribution in [3.05, 3.63) is 41.7 Å². The lowest BCUT2D eigenvalue weighted by Crippen LogP contribution is -2.23. The van der Waals surface area contributed by atoms with E-state index in [2.05, 4.69) is 20.7 Å². The first-order chi connectivity index (χ1) is 12.0. The number of furan rings is 1. The summed E-state index contributed by atoms with van der Waals surface area (Å²) in [7, 11) is 0. The van der Waals surface area contributed by atoms with Crippen molar-refractivity contribution < 1.29 is 14.0 Å². The lowest BCUT2D eigenvalue weighted by atomic mass is 10.3. The number of hydrogen-bond acceptors (Lipinski definition) is 6. The zero-order chi connectivity index (χ0) is 17.8. The average Bonchev–Trinajstić information content (AvgIpc) is 3.32. The molecular weight excluding hydrogens is 342 g/mol. The van der Waals surface area contributed by atoms with E-state index in [0.717, 1.165) is 0 Å². The fourth-order valence-corrected chi connectivity index (χ4v) is 2.81. The van der Waals surface area contributed by atoms with Gasteiger partial charge in [0.1, 0.15) is 17.5 Å². The van der Waals surface area contributed by atoms with Crippen LogP contribution in [0.4, 0.5) is 5.13 Å².